The number of ketones is 1. The lowest BCUT2D eigenvalue weighted by Crippen LogP contribution is -2.14. The van der Waals surface area contributed by atoms with E-state index in [-0.39, 0.29) is 5.78 Å². The summed E-state index contributed by atoms with van der Waals surface area (Å²) in [4.78, 5) is 13.8. The van der Waals surface area contributed by atoms with Crippen LogP contribution in [0.3, 0.4) is 0 Å². The Morgan fingerprint density at radius 2 is 2.00 bits per heavy atom. The van der Waals surface area contributed by atoms with Crippen LogP contribution in [0.15, 0.2) is 30.5 Å². The van der Waals surface area contributed by atoms with Crippen molar-refractivity contribution in [2.45, 2.75) is 19.9 Å². The summed E-state index contributed by atoms with van der Waals surface area (Å²) in [7, 11) is 4.16. The Morgan fingerprint density at radius 3 is 2.67 bits per heavy atom. The number of Topliss-reactive ketones (excluding diaryl/α,β-unsaturated/α-hetero) is 1. The molecule has 0 saturated heterocycles. The third kappa shape index (κ3) is 2.62. The van der Waals surface area contributed by atoms with Gasteiger partial charge in [-0.3, -0.25) is 4.79 Å². The molecular formula is C15H20N2O. The second kappa shape index (κ2) is 5.36. The molecule has 0 saturated carbocycles. The fourth-order valence-corrected chi connectivity index (χ4v) is 2.27. The minimum atomic E-state index is 0.137. The molecule has 2 aromatic rings. The molecule has 0 fully saturated rings. The zero-order chi connectivity index (χ0) is 13.1. The van der Waals surface area contributed by atoms with E-state index in [4.69, 9.17) is 0 Å². The van der Waals surface area contributed by atoms with Gasteiger partial charge in [0.1, 0.15) is 0 Å². The number of carbonyl (C=O) groups is 1. The highest BCUT2D eigenvalue weighted by Crippen LogP contribution is 2.21. The van der Waals surface area contributed by atoms with Crippen LogP contribution in [0.25, 0.3) is 10.9 Å². The maximum absolute atomic E-state index is 11.6. The molecule has 0 bridgehead atoms. The van der Waals surface area contributed by atoms with Gasteiger partial charge in [-0.15, -0.1) is 0 Å². The average molecular weight is 244 g/mol. The number of rotatable bonds is 5. The third-order valence-corrected chi connectivity index (χ3v) is 3.17. The molecule has 0 unspecified atom stereocenters. The number of hydrogen-bond donors (Lipinski definition) is 0. The number of benzene rings is 1. The highest BCUT2D eigenvalue weighted by atomic mass is 16.1. The van der Waals surface area contributed by atoms with E-state index in [9.17, 15) is 4.79 Å². The largest absolute Gasteiger partial charge is 0.347 e. The van der Waals surface area contributed by atoms with Crippen molar-refractivity contribution in [3.05, 3.63) is 36.0 Å². The minimum Gasteiger partial charge on any atom is -0.347 e. The van der Waals surface area contributed by atoms with Crippen molar-refractivity contribution in [2.75, 3.05) is 20.6 Å². The van der Waals surface area contributed by atoms with Gasteiger partial charge in [-0.05, 0) is 40.1 Å². The molecule has 3 nitrogen and oxygen atoms in total. The molecule has 0 N–H and O–H groups in total. The summed E-state index contributed by atoms with van der Waals surface area (Å²) in [5.74, 6) is 0.137. The predicted octanol–water partition coefficient (Wildman–Crippen LogP) is 2.80. The number of aryl methyl sites for hydroxylation is 1. The fraction of sp³-hybridized carbons (Fsp3) is 0.400. The number of carbonyl (C=O) groups excluding carboxylic acids is 1. The van der Waals surface area contributed by atoms with Gasteiger partial charge >= 0.3 is 0 Å². The zero-order valence-corrected chi connectivity index (χ0v) is 11.3. The minimum absolute atomic E-state index is 0.137. The van der Waals surface area contributed by atoms with Crippen LogP contribution in [0, 0.1) is 0 Å². The van der Waals surface area contributed by atoms with Crippen molar-refractivity contribution in [1.29, 1.82) is 0 Å². The summed E-state index contributed by atoms with van der Waals surface area (Å²) in [6.45, 7) is 3.64. The van der Waals surface area contributed by atoms with Crippen LogP contribution >= 0.6 is 0 Å². The Kier molecular flexibility index (Phi) is 3.82. The van der Waals surface area contributed by atoms with Gasteiger partial charge in [-0.25, -0.2) is 0 Å². The van der Waals surface area contributed by atoms with Gasteiger partial charge in [0, 0.05) is 29.2 Å². The predicted molar refractivity (Wildman–Crippen MR) is 75.1 cm³/mol. The summed E-state index contributed by atoms with van der Waals surface area (Å²) in [5.41, 5.74) is 1.98. The molecule has 0 atom stereocenters. The molecule has 0 amide bonds. The summed E-state index contributed by atoms with van der Waals surface area (Å²) < 4.78 is 2.19. The van der Waals surface area contributed by atoms with Crippen LogP contribution in [0.1, 0.15) is 23.7 Å². The molecule has 0 spiro atoms. The first-order valence-corrected chi connectivity index (χ1v) is 6.33. The summed E-state index contributed by atoms with van der Waals surface area (Å²) in [6, 6.07) is 8.11. The average Bonchev–Trinajstić information content (AvgIpc) is 2.68. The number of fused-ring (bicyclic) bond motifs is 1. The van der Waals surface area contributed by atoms with E-state index in [1.54, 1.807) is 6.92 Å². The van der Waals surface area contributed by atoms with Crippen molar-refractivity contribution in [2.24, 2.45) is 0 Å². The van der Waals surface area contributed by atoms with E-state index >= 15 is 0 Å². The monoisotopic (exact) mass is 244 g/mol. The molecule has 2 rings (SSSR count). The molecule has 0 aliphatic heterocycles. The fourth-order valence-electron chi connectivity index (χ4n) is 2.27. The molecule has 18 heavy (non-hydrogen) atoms. The molecule has 0 aliphatic rings. The molecule has 1 aromatic heterocycles. The third-order valence-electron chi connectivity index (χ3n) is 3.17. The number of hydrogen-bond acceptors (Lipinski definition) is 2. The normalized spacial score (nSPS) is 11.3. The van der Waals surface area contributed by atoms with Gasteiger partial charge in [-0.1, -0.05) is 18.2 Å². The Labute approximate surface area is 108 Å². The maximum Gasteiger partial charge on any atom is 0.161 e. The Balaban J connectivity index is 2.30. The smallest absolute Gasteiger partial charge is 0.161 e. The quantitative estimate of drug-likeness (QED) is 0.756. The first-order chi connectivity index (χ1) is 8.59. The van der Waals surface area contributed by atoms with Gasteiger partial charge in [0.15, 0.2) is 5.78 Å². The van der Waals surface area contributed by atoms with Crippen molar-refractivity contribution < 1.29 is 4.79 Å². The van der Waals surface area contributed by atoms with E-state index < -0.39 is 0 Å². The van der Waals surface area contributed by atoms with Crippen LogP contribution in [0.4, 0.5) is 0 Å². The van der Waals surface area contributed by atoms with Crippen LogP contribution in [-0.4, -0.2) is 35.9 Å². The lowest BCUT2D eigenvalue weighted by Gasteiger charge is -2.10. The Bertz CT molecular complexity index is 555. The molecule has 3 heteroatoms. The van der Waals surface area contributed by atoms with E-state index in [1.165, 1.54) is 0 Å². The second-order valence-electron chi connectivity index (χ2n) is 4.97. The van der Waals surface area contributed by atoms with Gasteiger partial charge in [-0.2, -0.15) is 0 Å². The van der Waals surface area contributed by atoms with Crippen LogP contribution in [-0.2, 0) is 6.54 Å². The van der Waals surface area contributed by atoms with E-state index in [2.05, 4.69) is 29.6 Å². The summed E-state index contributed by atoms with van der Waals surface area (Å²) in [5, 5.41) is 1.06. The summed E-state index contributed by atoms with van der Waals surface area (Å²) >= 11 is 0. The molecule has 1 aromatic carbocycles. The van der Waals surface area contributed by atoms with Gasteiger partial charge in [0.05, 0.1) is 0 Å². The van der Waals surface area contributed by atoms with Crippen molar-refractivity contribution in [1.82, 2.24) is 9.47 Å². The van der Waals surface area contributed by atoms with E-state index in [0.717, 1.165) is 36.0 Å². The molecular weight excluding hydrogens is 224 g/mol. The number of aromatic nitrogens is 1. The standard InChI is InChI=1S/C15H20N2O/c1-12(18)14-11-17(10-6-9-16(2)3)15-8-5-4-7-13(14)15/h4-5,7-8,11H,6,9-10H2,1-3H3. The molecule has 1 heterocycles. The van der Waals surface area contributed by atoms with Crippen molar-refractivity contribution in [3.63, 3.8) is 0 Å². The van der Waals surface area contributed by atoms with Gasteiger partial charge < -0.3 is 9.47 Å². The highest BCUT2D eigenvalue weighted by molar-refractivity contribution is 6.06. The van der Waals surface area contributed by atoms with Crippen LogP contribution in [0.2, 0.25) is 0 Å². The topological polar surface area (TPSA) is 25.2 Å². The lowest BCUT2D eigenvalue weighted by molar-refractivity contribution is 0.101. The Morgan fingerprint density at radius 1 is 1.28 bits per heavy atom. The first kappa shape index (κ1) is 12.8. The van der Waals surface area contributed by atoms with Crippen molar-refractivity contribution >= 4 is 16.7 Å². The second-order valence-corrected chi connectivity index (χ2v) is 4.97. The van der Waals surface area contributed by atoms with Crippen LogP contribution in [0.5, 0.6) is 0 Å². The van der Waals surface area contributed by atoms with Crippen LogP contribution < -0.4 is 0 Å². The number of para-hydroxylation sites is 1. The molecule has 96 valence electrons. The first-order valence-electron chi connectivity index (χ1n) is 6.33. The zero-order valence-electron chi connectivity index (χ0n) is 11.3. The van der Waals surface area contributed by atoms with E-state index in [0.29, 0.717) is 0 Å². The highest BCUT2D eigenvalue weighted by Gasteiger charge is 2.10. The molecule has 0 radical (unpaired) electrons. The van der Waals surface area contributed by atoms with Crippen molar-refractivity contribution in [3.8, 4) is 0 Å². The number of nitrogens with zero attached hydrogens (tertiary/aromatic N) is 2. The Hall–Kier alpha value is -1.61. The molecule has 0 aliphatic carbocycles. The van der Waals surface area contributed by atoms with E-state index in [1.807, 2.05) is 24.4 Å². The maximum atomic E-state index is 11.6. The lowest BCUT2D eigenvalue weighted by atomic mass is 10.1. The van der Waals surface area contributed by atoms with Gasteiger partial charge in [0.25, 0.3) is 0 Å². The SMILES string of the molecule is CC(=O)c1cn(CCCN(C)C)c2ccccc12. The summed E-state index contributed by atoms with van der Waals surface area (Å²) in [6.07, 6.45) is 3.08. The van der Waals surface area contributed by atoms with Gasteiger partial charge in [0.2, 0.25) is 0 Å².